The van der Waals surface area contributed by atoms with Gasteiger partial charge in [-0.2, -0.15) is 0 Å². The van der Waals surface area contributed by atoms with Gasteiger partial charge in [-0.1, -0.05) is 18.2 Å². The monoisotopic (exact) mass is 275 g/mol. The van der Waals surface area contributed by atoms with Gasteiger partial charge in [0.25, 0.3) is 5.91 Å². The molecule has 2 atom stereocenters. The molecule has 1 fully saturated rings. The molecule has 20 heavy (non-hydrogen) atoms. The predicted molar refractivity (Wildman–Crippen MR) is 75.6 cm³/mol. The molecule has 0 aliphatic carbocycles. The van der Waals surface area contributed by atoms with E-state index >= 15 is 0 Å². The van der Waals surface area contributed by atoms with Crippen molar-refractivity contribution in [1.29, 1.82) is 0 Å². The highest BCUT2D eigenvalue weighted by Gasteiger charge is 2.34. The fraction of sp³-hybridized carbons (Fsp3) is 0.562. The van der Waals surface area contributed by atoms with Crippen molar-refractivity contribution in [1.82, 2.24) is 4.90 Å². The van der Waals surface area contributed by atoms with Gasteiger partial charge < -0.3 is 14.7 Å². The molecule has 2 heterocycles. The number of fused-ring (bicyclic) bond motifs is 1. The van der Waals surface area contributed by atoms with Gasteiger partial charge in [0.1, 0.15) is 5.75 Å². The zero-order valence-electron chi connectivity index (χ0n) is 11.8. The third kappa shape index (κ3) is 2.66. The van der Waals surface area contributed by atoms with Crippen LogP contribution in [0, 0.1) is 0 Å². The van der Waals surface area contributed by atoms with Crippen LogP contribution in [0.25, 0.3) is 0 Å². The molecule has 0 bridgehead atoms. The van der Waals surface area contributed by atoms with Crippen molar-refractivity contribution in [3.05, 3.63) is 29.8 Å². The second-order valence-electron chi connectivity index (χ2n) is 6.09. The molecule has 4 heteroatoms. The lowest BCUT2D eigenvalue weighted by molar-refractivity contribution is -0.138. The molecule has 0 spiro atoms. The van der Waals surface area contributed by atoms with Crippen LogP contribution >= 0.6 is 0 Å². The fourth-order valence-electron chi connectivity index (χ4n) is 3.01. The van der Waals surface area contributed by atoms with Gasteiger partial charge in [-0.25, -0.2) is 0 Å². The summed E-state index contributed by atoms with van der Waals surface area (Å²) < 4.78 is 5.76. The van der Waals surface area contributed by atoms with Gasteiger partial charge in [0.15, 0.2) is 6.10 Å². The van der Waals surface area contributed by atoms with E-state index in [0.717, 1.165) is 24.2 Å². The van der Waals surface area contributed by atoms with Crippen LogP contribution in [0.2, 0.25) is 0 Å². The summed E-state index contributed by atoms with van der Waals surface area (Å²) in [5, 5.41) is 10.1. The topological polar surface area (TPSA) is 49.8 Å². The molecule has 108 valence electrons. The third-order valence-corrected chi connectivity index (χ3v) is 4.30. The van der Waals surface area contributed by atoms with E-state index in [1.165, 1.54) is 0 Å². The molecule has 3 rings (SSSR count). The summed E-state index contributed by atoms with van der Waals surface area (Å²) in [4.78, 5) is 14.4. The van der Waals surface area contributed by atoms with Crippen LogP contribution in [0.1, 0.15) is 31.7 Å². The van der Waals surface area contributed by atoms with Gasteiger partial charge in [0.2, 0.25) is 0 Å². The van der Waals surface area contributed by atoms with Crippen LogP contribution in [0.15, 0.2) is 24.3 Å². The predicted octanol–water partition coefficient (Wildman–Crippen LogP) is 1.75. The molecule has 2 aliphatic heterocycles. The lowest BCUT2D eigenvalue weighted by Gasteiger charge is -2.24. The number of aliphatic hydroxyl groups is 1. The second kappa shape index (κ2) is 5.09. The van der Waals surface area contributed by atoms with Crippen molar-refractivity contribution >= 4 is 5.91 Å². The standard InChI is InChI=1S/C16H21NO3/c1-16(19)7-4-9-17(10-8-16)15(18)14-11-12-5-2-3-6-13(12)20-14/h2-3,5-6,14,19H,4,7-11H2,1H3. The quantitative estimate of drug-likeness (QED) is 0.849. The first-order valence-electron chi connectivity index (χ1n) is 7.31. The van der Waals surface area contributed by atoms with Crippen molar-refractivity contribution in [2.45, 2.75) is 44.3 Å². The van der Waals surface area contributed by atoms with Crippen LogP contribution in [-0.4, -0.2) is 40.7 Å². The summed E-state index contributed by atoms with van der Waals surface area (Å²) in [6.07, 6.45) is 2.50. The Morgan fingerprint density at radius 1 is 1.35 bits per heavy atom. The molecule has 4 nitrogen and oxygen atoms in total. The number of para-hydroxylation sites is 1. The van der Waals surface area contributed by atoms with Crippen molar-refractivity contribution in [2.75, 3.05) is 13.1 Å². The summed E-state index contributed by atoms with van der Waals surface area (Å²) in [5.74, 6) is 0.881. The highest BCUT2D eigenvalue weighted by Crippen LogP contribution is 2.30. The Hall–Kier alpha value is -1.55. The molecule has 1 aromatic carbocycles. The van der Waals surface area contributed by atoms with Crippen molar-refractivity contribution in [2.24, 2.45) is 0 Å². The molecule has 0 radical (unpaired) electrons. The maximum Gasteiger partial charge on any atom is 0.263 e. The van der Waals surface area contributed by atoms with Crippen LogP contribution in [-0.2, 0) is 11.2 Å². The van der Waals surface area contributed by atoms with E-state index in [1.54, 1.807) is 0 Å². The van der Waals surface area contributed by atoms with E-state index in [1.807, 2.05) is 36.1 Å². The van der Waals surface area contributed by atoms with Gasteiger partial charge in [-0.05, 0) is 37.8 Å². The first kappa shape index (κ1) is 13.4. The maximum absolute atomic E-state index is 12.6. The second-order valence-corrected chi connectivity index (χ2v) is 6.09. The summed E-state index contributed by atoms with van der Waals surface area (Å²) >= 11 is 0. The number of nitrogens with zero attached hydrogens (tertiary/aromatic N) is 1. The number of benzene rings is 1. The minimum atomic E-state index is -0.644. The minimum Gasteiger partial charge on any atom is -0.480 e. The Bertz CT molecular complexity index is 487. The number of likely N-dealkylation sites (tertiary alicyclic amines) is 1. The molecule has 2 aliphatic rings. The number of hydrogen-bond acceptors (Lipinski definition) is 3. The summed E-state index contributed by atoms with van der Waals surface area (Å²) in [6.45, 7) is 3.18. The SMILES string of the molecule is CC1(O)CCCN(C(=O)C2Cc3ccccc3O2)CC1. The molecule has 1 saturated heterocycles. The Kier molecular flexibility index (Phi) is 3.42. The molecule has 1 N–H and O–H groups in total. The largest absolute Gasteiger partial charge is 0.480 e. The summed E-state index contributed by atoms with van der Waals surface area (Å²) in [5.41, 5.74) is 0.460. The number of rotatable bonds is 1. The van der Waals surface area contributed by atoms with E-state index in [4.69, 9.17) is 4.74 Å². The van der Waals surface area contributed by atoms with Gasteiger partial charge in [0.05, 0.1) is 5.60 Å². The molecule has 2 unspecified atom stereocenters. The van der Waals surface area contributed by atoms with Crippen molar-refractivity contribution < 1.29 is 14.6 Å². The normalized spacial score (nSPS) is 29.5. The number of ether oxygens (including phenoxy) is 1. The van der Waals surface area contributed by atoms with E-state index < -0.39 is 11.7 Å². The average molecular weight is 275 g/mol. The number of carbonyl (C=O) groups is 1. The first-order chi connectivity index (χ1) is 9.55. The van der Waals surface area contributed by atoms with E-state index in [2.05, 4.69) is 0 Å². The van der Waals surface area contributed by atoms with Crippen LogP contribution < -0.4 is 4.74 Å². The smallest absolute Gasteiger partial charge is 0.263 e. The van der Waals surface area contributed by atoms with Crippen molar-refractivity contribution in [3.8, 4) is 5.75 Å². The fourth-order valence-corrected chi connectivity index (χ4v) is 3.01. The van der Waals surface area contributed by atoms with Crippen molar-refractivity contribution in [3.63, 3.8) is 0 Å². The molecule has 0 aromatic heterocycles. The van der Waals surface area contributed by atoms with Gasteiger partial charge in [-0.15, -0.1) is 0 Å². The van der Waals surface area contributed by atoms with E-state index in [-0.39, 0.29) is 5.91 Å². The van der Waals surface area contributed by atoms with E-state index in [9.17, 15) is 9.90 Å². The molecular formula is C16H21NO3. The number of amides is 1. The van der Waals surface area contributed by atoms with E-state index in [0.29, 0.717) is 25.9 Å². The highest BCUT2D eigenvalue weighted by atomic mass is 16.5. The Balaban J connectivity index is 1.66. The minimum absolute atomic E-state index is 0.0545. The Morgan fingerprint density at radius 2 is 2.15 bits per heavy atom. The number of carbonyl (C=O) groups excluding carboxylic acids is 1. The first-order valence-corrected chi connectivity index (χ1v) is 7.31. The van der Waals surface area contributed by atoms with Gasteiger partial charge >= 0.3 is 0 Å². The van der Waals surface area contributed by atoms with Crippen LogP contribution in [0.3, 0.4) is 0 Å². The maximum atomic E-state index is 12.6. The van der Waals surface area contributed by atoms with Gasteiger partial charge in [0, 0.05) is 19.5 Å². The van der Waals surface area contributed by atoms with Gasteiger partial charge in [-0.3, -0.25) is 4.79 Å². The Labute approximate surface area is 119 Å². The zero-order valence-corrected chi connectivity index (χ0v) is 11.8. The lowest BCUT2D eigenvalue weighted by Crippen LogP contribution is -2.42. The molecule has 1 aromatic rings. The highest BCUT2D eigenvalue weighted by molar-refractivity contribution is 5.82. The third-order valence-electron chi connectivity index (χ3n) is 4.30. The summed E-state index contributed by atoms with van der Waals surface area (Å²) in [6, 6.07) is 7.82. The summed E-state index contributed by atoms with van der Waals surface area (Å²) in [7, 11) is 0. The lowest BCUT2D eigenvalue weighted by atomic mass is 9.98. The molecule has 1 amide bonds. The molecular weight excluding hydrogens is 254 g/mol. The van der Waals surface area contributed by atoms with Crippen LogP contribution in [0.5, 0.6) is 5.75 Å². The zero-order chi connectivity index (χ0) is 14.2. The van der Waals surface area contributed by atoms with Crippen LogP contribution in [0.4, 0.5) is 0 Å². The molecule has 0 saturated carbocycles. The Morgan fingerprint density at radius 3 is 2.95 bits per heavy atom. The average Bonchev–Trinajstić information content (AvgIpc) is 2.77. The number of hydrogen-bond donors (Lipinski definition) is 1.